The van der Waals surface area contributed by atoms with Gasteiger partial charge in [0, 0.05) is 39.1 Å². The minimum Gasteiger partial charge on any atom is -0.467 e. The number of hydrogen-bond donors (Lipinski definition) is 0. The zero-order valence-corrected chi connectivity index (χ0v) is 20.5. The van der Waals surface area contributed by atoms with Crippen LogP contribution in [0, 0.1) is 0 Å². The van der Waals surface area contributed by atoms with Crippen LogP contribution < -0.4 is 0 Å². The van der Waals surface area contributed by atoms with Crippen molar-refractivity contribution in [3.63, 3.8) is 0 Å². The van der Waals surface area contributed by atoms with E-state index < -0.39 is 0 Å². The molecular weight excluding hydrogens is 430 g/mol. The number of furan rings is 1. The highest BCUT2D eigenvalue weighted by Gasteiger charge is 2.22. The first-order chi connectivity index (χ1) is 16.7. The number of benzene rings is 1. The van der Waals surface area contributed by atoms with Gasteiger partial charge in [0.15, 0.2) is 0 Å². The van der Waals surface area contributed by atoms with Crippen LogP contribution in [0.1, 0.15) is 50.4 Å². The summed E-state index contributed by atoms with van der Waals surface area (Å²) in [6.45, 7) is 7.97. The molecule has 1 aromatic heterocycles. The normalized spacial score (nSPS) is 14.1. The average molecular weight is 470 g/mol. The molecule has 1 aromatic carbocycles. The summed E-state index contributed by atoms with van der Waals surface area (Å²) in [7, 11) is 0. The fraction of sp³-hybridized carbons (Fsp3) is 0.556. The first-order valence-corrected chi connectivity index (χ1v) is 12.6. The first-order valence-electron chi connectivity index (χ1n) is 12.6. The van der Waals surface area contributed by atoms with Crippen molar-refractivity contribution in [2.45, 2.75) is 52.1 Å². The predicted molar refractivity (Wildman–Crippen MR) is 132 cm³/mol. The molecule has 0 bridgehead atoms. The number of hydrogen-bond acceptors (Lipinski definition) is 5. The van der Waals surface area contributed by atoms with Gasteiger partial charge in [-0.05, 0) is 30.5 Å². The van der Waals surface area contributed by atoms with Crippen molar-refractivity contribution in [1.29, 1.82) is 0 Å². The molecule has 0 radical (unpaired) electrons. The predicted octanol–water partition coefficient (Wildman–Crippen LogP) is 3.94. The molecule has 0 spiro atoms. The van der Waals surface area contributed by atoms with Crippen molar-refractivity contribution < 1.29 is 18.7 Å². The summed E-state index contributed by atoms with van der Waals surface area (Å²) < 4.78 is 10.9. The lowest BCUT2D eigenvalue weighted by molar-refractivity contribution is -0.141. The Morgan fingerprint density at radius 3 is 2.41 bits per heavy atom. The van der Waals surface area contributed by atoms with E-state index in [-0.39, 0.29) is 18.4 Å². The molecule has 0 unspecified atom stereocenters. The Kier molecular flexibility index (Phi) is 11.1. The van der Waals surface area contributed by atoms with Crippen LogP contribution in [0.4, 0.5) is 0 Å². The van der Waals surface area contributed by atoms with E-state index in [0.717, 1.165) is 69.9 Å². The third kappa shape index (κ3) is 8.95. The lowest BCUT2D eigenvalue weighted by Gasteiger charge is -2.30. The van der Waals surface area contributed by atoms with Gasteiger partial charge in [0.05, 0.1) is 32.6 Å². The zero-order chi connectivity index (χ0) is 24.0. The lowest BCUT2D eigenvalue weighted by Crippen LogP contribution is -2.44. The number of carbonyl (C=O) groups excluding carboxylic acids is 2. The molecule has 7 nitrogen and oxygen atoms in total. The maximum absolute atomic E-state index is 13.4. The van der Waals surface area contributed by atoms with Crippen molar-refractivity contribution in [3.05, 3.63) is 60.1 Å². The highest BCUT2D eigenvalue weighted by atomic mass is 16.5. The van der Waals surface area contributed by atoms with E-state index in [4.69, 9.17) is 9.15 Å². The molecule has 3 rings (SSSR count). The van der Waals surface area contributed by atoms with Gasteiger partial charge in [0.25, 0.3) is 0 Å². The molecular formula is C27H39N3O4. The van der Waals surface area contributed by atoms with E-state index in [9.17, 15) is 9.59 Å². The molecule has 1 fully saturated rings. The lowest BCUT2D eigenvalue weighted by atomic mass is 10.1. The fourth-order valence-electron chi connectivity index (χ4n) is 4.18. The Labute approximate surface area is 203 Å². The van der Waals surface area contributed by atoms with Gasteiger partial charge >= 0.3 is 0 Å². The molecule has 186 valence electrons. The van der Waals surface area contributed by atoms with Crippen LogP contribution in [-0.2, 0) is 27.4 Å². The number of amides is 2. The highest BCUT2D eigenvalue weighted by molar-refractivity contribution is 5.84. The van der Waals surface area contributed by atoms with Gasteiger partial charge in [0.2, 0.25) is 11.8 Å². The minimum absolute atomic E-state index is 0.0598. The molecule has 0 atom stereocenters. The standard InChI is InChI=1S/C27H39N3O4/c1-2-3-5-13-26(31)29(15-9-14-28-16-19-33-20-17-28)23-27(32)30(22-25-12-8-18-34-25)21-24-10-6-4-7-11-24/h4,6-8,10-12,18H,2-3,5,9,13-17,19-23H2,1H3. The molecule has 2 heterocycles. The largest absolute Gasteiger partial charge is 0.467 e. The van der Waals surface area contributed by atoms with Crippen molar-refractivity contribution in [2.75, 3.05) is 45.9 Å². The molecule has 1 aliphatic heterocycles. The molecule has 0 aliphatic carbocycles. The smallest absolute Gasteiger partial charge is 0.242 e. The van der Waals surface area contributed by atoms with Crippen molar-refractivity contribution in [1.82, 2.24) is 14.7 Å². The van der Waals surface area contributed by atoms with E-state index in [0.29, 0.717) is 26.1 Å². The molecule has 2 aromatic rings. The number of carbonyl (C=O) groups is 2. The summed E-state index contributed by atoms with van der Waals surface area (Å²) in [4.78, 5) is 32.4. The van der Waals surface area contributed by atoms with Gasteiger partial charge in [0.1, 0.15) is 5.76 Å². The maximum atomic E-state index is 13.4. The van der Waals surface area contributed by atoms with Gasteiger partial charge in [-0.2, -0.15) is 0 Å². The summed E-state index contributed by atoms with van der Waals surface area (Å²) in [6, 6.07) is 13.6. The van der Waals surface area contributed by atoms with E-state index >= 15 is 0 Å². The van der Waals surface area contributed by atoms with Gasteiger partial charge in [-0.15, -0.1) is 0 Å². The van der Waals surface area contributed by atoms with E-state index in [2.05, 4.69) is 11.8 Å². The molecule has 1 saturated heterocycles. The number of ether oxygens (including phenoxy) is 1. The number of nitrogens with zero attached hydrogens (tertiary/aromatic N) is 3. The first kappa shape index (κ1) is 26.0. The molecule has 0 saturated carbocycles. The summed E-state index contributed by atoms with van der Waals surface area (Å²) in [5.74, 6) is 0.745. The van der Waals surface area contributed by atoms with Crippen LogP contribution in [0.15, 0.2) is 53.1 Å². The number of rotatable bonds is 14. The highest BCUT2D eigenvalue weighted by Crippen LogP contribution is 2.13. The second-order valence-electron chi connectivity index (χ2n) is 8.89. The average Bonchev–Trinajstić information content (AvgIpc) is 3.37. The molecule has 0 N–H and O–H groups in total. The van der Waals surface area contributed by atoms with Crippen molar-refractivity contribution in [3.8, 4) is 0 Å². The Bertz CT molecular complexity index is 835. The summed E-state index contributed by atoms with van der Waals surface area (Å²) in [5.41, 5.74) is 1.05. The van der Waals surface area contributed by atoms with Crippen LogP contribution >= 0.6 is 0 Å². The third-order valence-electron chi connectivity index (χ3n) is 6.17. The van der Waals surface area contributed by atoms with Crippen LogP contribution in [0.2, 0.25) is 0 Å². The van der Waals surface area contributed by atoms with E-state index in [1.807, 2.05) is 42.5 Å². The SMILES string of the molecule is CCCCCC(=O)N(CCCN1CCOCC1)CC(=O)N(Cc1ccccc1)Cc1ccco1. The Balaban J connectivity index is 1.63. The Morgan fingerprint density at radius 1 is 0.912 bits per heavy atom. The summed E-state index contributed by atoms with van der Waals surface area (Å²) >= 11 is 0. The number of morpholine rings is 1. The zero-order valence-electron chi connectivity index (χ0n) is 20.5. The summed E-state index contributed by atoms with van der Waals surface area (Å²) in [6.07, 6.45) is 5.93. The van der Waals surface area contributed by atoms with Gasteiger partial charge in [-0.3, -0.25) is 14.5 Å². The topological polar surface area (TPSA) is 66.2 Å². The van der Waals surface area contributed by atoms with E-state index in [1.165, 1.54) is 0 Å². The second kappa shape index (κ2) is 14.6. The molecule has 34 heavy (non-hydrogen) atoms. The monoisotopic (exact) mass is 469 g/mol. The van der Waals surface area contributed by atoms with Crippen LogP contribution in [-0.4, -0.2) is 72.5 Å². The number of unbranched alkanes of at least 4 members (excludes halogenated alkanes) is 2. The van der Waals surface area contributed by atoms with Crippen LogP contribution in [0.25, 0.3) is 0 Å². The third-order valence-corrected chi connectivity index (χ3v) is 6.17. The van der Waals surface area contributed by atoms with Crippen molar-refractivity contribution in [2.24, 2.45) is 0 Å². The Morgan fingerprint density at radius 2 is 1.71 bits per heavy atom. The molecule has 1 aliphatic rings. The van der Waals surface area contributed by atoms with Crippen LogP contribution in [0.3, 0.4) is 0 Å². The second-order valence-corrected chi connectivity index (χ2v) is 8.89. The molecule has 7 heteroatoms. The van der Waals surface area contributed by atoms with Crippen molar-refractivity contribution >= 4 is 11.8 Å². The fourth-order valence-corrected chi connectivity index (χ4v) is 4.18. The maximum Gasteiger partial charge on any atom is 0.242 e. The molecule has 2 amide bonds. The van der Waals surface area contributed by atoms with E-state index in [1.54, 1.807) is 16.1 Å². The minimum atomic E-state index is -0.0598. The summed E-state index contributed by atoms with van der Waals surface area (Å²) in [5, 5.41) is 0. The Hall–Kier alpha value is -2.64. The van der Waals surface area contributed by atoms with Gasteiger partial charge in [-0.1, -0.05) is 50.1 Å². The van der Waals surface area contributed by atoms with Gasteiger partial charge in [-0.25, -0.2) is 0 Å². The van der Waals surface area contributed by atoms with Gasteiger partial charge < -0.3 is 19.0 Å². The van der Waals surface area contributed by atoms with Crippen LogP contribution in [0.5, 0.6) is 0 Å². The quantitative estimate of drug-likeness (QED) is 0.392.